The highest BCUT2D eigenvalue weighted by Gasteiger charge is 2.17. The van der Waals surface area contributed by atoms with Crippen LogP contribution in [0.2, 0.25) is 0 Å². The Morgan fingerprint density at radius 2 is 2.11 bits per heavy atom. The van der Waals surface area contributed by atoms with Crippen molar-refractivity contribution in [2.75, 3.05) is 0 Å². The minimum absolute atomic E-state index is 0.0140. The zero-order valence-corrected chi connectivity index (χ0v) is 10.1. The van der Waals surface area contributed by atoms with Gasteiger partial charge < -0.3 is 5.11 Å². The number of hydrogen-bond acceptors (Lipinski definition) is 4. The third-order valence-corrected chi connectivity index (χ3v) is 3.61. The molecule has 90 valence electrons. The van der Waals surface area contributed by atoms with Crippen molar-refractivity contribution in [3.05, 3.63) is 41.5 Å². The molecule has 0 spiro atoms. The van der Waals surface area contributed by atoms with Crippen LogP contribution in [0.5, 0.6) is 0 Å². The summed E-state index contributed by atoms with van der Waals surface area (Å²) in [7, 11) is 0. The van der Waals surface area contributed by atoms with Gasteiger partial charge in [-0.25, -0.2) is 9.50 Å². The molecule has 1 N–H and O–H groups in total. The van der Waals surface area contributed by atoms with E-state index in [1.54, 1.807) is 4.52 Å². The predicted octanol–water partition coefficient (Wildman–Crippen LogP) is 2.08. The third-order valence-electron chi connectivity index (χ3n) is 2.57. The highest BCUT2D eigenvalue weighted by atomic mass is 32.1. The summed E-state index contributed by atoms with van der Waals surface area (Å²) in [6.45, 7) is 0. The lowest BCUT2D eigenvalue weighted by molar-refractivity contribution is -0.136. The smallest absolute Gasteiger partial charge is 0.308 e. The Balaban J connectivity index is 2.23. The monoisotopic (exact) mass is 259 g/mol. The van der Waals surface area contributed by atoms with Gasteiger partial charge in [-0.3, -0.25) is 4.79 Å². The molecular formula is C12H9N3O2S. The Hall–Kier alpha value is -2.21. The predicted molar refractivity (Wildman–Crippen MR) is 67.6 cm³/mol. The molecule has 0 unspecified atom stereocenters. The number of hydrogen-bond donors (Lipinski definition) is 1. The summed E-state index contributed by atoms with van der Waals surface area (Å²) in [5.74, 6) is -0.850. The molecule has 1 aromatic carbocycles. The molecule has 5 nitrogen and oxygen atoms in total. The van der Waals surface area contributed by atoms with Crippen LogP contribution in [0.4, 0.5) is 0 Å². The first-order valence-corrected chi connectivity index (χ1v) is 6.16. The molecule has 18 heavy (non-hydrogen) atoms. The Morgan fingerprint density at radius 3 is 2.83 bits per heavy atom. The molecule has 6 heteroatoms. The van der Waals surface area contributed by atoms with Crippen molar-refractivity contribution in [3.63, 3.8) is 0 Å². The van der Waals surface area contributed by atoms with Crippen molar-refractivity contribution in [2.24, 2.45) is 0 Å². The summed E-state index contributed by atoms with van der Waals surface area (Å²) in [4.78, 5) is 16.5. The molecule has 0 atom stereocenters. The van der Waals surface area contributed by atoms with Gasteiger partial charge in [-0.2, -0.15) is 5.10 Å². The van der Waals surface area contributed by atoms with Gasteiger partial charge in [0.05, 0.1) is 12.1 Å². The van der Waals surface area contributed by atoms with Crippen molar-refractivity contribution >= 4 is 22.3 Å². The highest BCUT2D eigenvalue weighted by molar-refractivity contribution is 7.17. The molecule has 0 radical (unpaired) electrons. The number of carboxylic acid groups (broad SMARTS) is 1. The summed E-state index contributed by atoms with van der Waals surface area (Å²) in [6.07, 6.45) is 1.46. The fourth-order valence-corrected chi connectivity index (χ4v) is 2.91. The average molecular weight is 259 g/mol. The summed E-state index contributed by atoms with van der Waals surface area (Å²) >= 11 is 1.36. The van der Waals surface area contributed by atoms with Crippen LogP contribution < -0.4 is 0 Å². The Kier molecular flexibility index (Phi) is 2.56. The molecule has 3 aromatic rings. The van der Waals surface area contributed by atoms with Gasteiger partial charge in [-0.1, -0.05) is 41.7 Å². The number of fused-ring (bicyclic) bond motifs is 1. The van der Waals surface area contributed by atoms with E-state index < -0.39 is 5.97 Å². The first-order valence-electron chi connectivity index (χ1n) is 5.34. The summed E-state index contributed by atoms with van der Waals surface area (Å²) in [5.41, 5.74) is 1.76. The van der Waals surface area contributed by atoms with Gasteiger partial charge in [-0.05, 0) is 0 Å². The molecule has 0 aliphatic rings. The first-order chi connectivity index (χ1) is 8.75. The number of nitrogens with zero attached hydrogens (tertiary/aromatic N) is 3. The van der Waals surface area contributed by atoms with Crippen LogP contribution >= 0.6 is 11.3 Å². The van der Waals surface area contributed by atoms with Crippen LogP contribution in [-0.4, -0.2) is 25.7 Å². The van der Waals surface area contributed by atoms with E-state index in [1.807, 2.05) is 30.3 Å². The van der Waals surface area contributed by atoms with E-state index in [2.05, 4.69) is 10.1 Å². The minimum atomic E-state index is -0.850. The van der Waals surface area contributed by atoms with Gasteiger partial charge in [0, 0.05) is 10.4 Å². The van der Waals surface area contributed by atoms with Crippen molar-refractivity contribution < 1.29 is 9.90 Å². The molecule has 0 saturated carbocycles. The van der Waals surface area contributed by atoms with Crippen LogP contribution in [0, 0.1) is 0 Å². The largest absolute Gasteiger partial charge is 0.481 e. The van der Waals surface area contributed by atoms with Crippen molar-refractivity contribution in [2.45, 2.75) is 6.42 Å². The fourth-order valence-electron chi connectivity index (χ4n) is 1.87. The molecule has 0 fully saturated rings. The zero-order chi connectivity index (χ0) is 12.5. The summed E-state index contributed by atoms with van der Waals surface area (Å²) in [6, 6.07) is 9.63. The SMILES string of the molecule is O=C(O)Cc1sc2ncnn2c1-c1ccccc1. The molecule has 0 aliphatic carbocycles. The van der Waals surface area contributed by atoms with E-state index in [4.69, 9.17) is 5.11 Å². The first kappa shape index (κ1) is 10.9. The van der Waals surface area contributed by atoms with Gasteiger partial charge >= 0.3 is 5.97 Å². The molecule has 0 bridgehead atoms. The number of rotatable bonds is 3. The van der Waals surface area contributed by atoms with E-state index >= 15 is 0 Å². The Bertz CT molecular complexity index is 703. The van der Waals surface area contributed by atoms with Gasteiger partial charge in [0.1, 0.15) is 6.33 Å². The number of aromatic nitrogens is 3. The van der Waals surface area contributed by atoms with Crippen molar-refractivity contribution in [1.82, 2.24) is 14.6 Å². The van der Waals surface area contributed by atoms with E-state index in [9.17, 15) is 4.79 Å². The van der Waals surface area contributed by atoms with Gasteiger partial charge in [0.2, 0.25) is 4.96 Å². The summed E-state index contributed by atoms with van der Waals surface area (Å²) in [5, 5.41) is 13.1. The van der Waals surface area contributed by atoms with Crippen molar-refractivity contribution in [3.8, 4) is 11.3 Å². The Labute approximate surface area is 106 Å². The molecule has 0 saturated heterocycles. The lowest BCUT2D eigenvalue weighted by Gasteiger charge is -2.01. The molecule has 3 rings (SSSR count). The molecular weight excluding hydrogens is 250 g/mol. The summed E-state index contributed by atoms with van der Waals surface area (Å²) < 4.78 is 1.69. The van der Waals surface area contributed by atoms with Gasteiger partial charge in [0.15, 0.2) is 0 Å². The van der Waals surface area contributed by atoms with E-state index in [0.29, 0.717) is 4.96 Å². The highest BCUT2D eigenvalue weighted by Crippen LogP contribution is 2.30. The third kappa shape index (κ3) is 1.76. The maximum absolute atomic E-state index is 10.9. The van der Waals surface area contributed by atoms with E-state index in [-0.39, 0.29) is 6.42 Å². The second-order valence-corrected chi connectivity index (χ2v) is 4.83. The fraction of sp³-hybridized carbons (Fsp3) is 0.0833. The van der Waals surface area contributed by atoms with E-state index in [1.165, 1.54) is 17.7 Å². The second kappa shape index (κ2) is 4.23. The maximum Gasteiger partial charge on any atom is 0.308 e. The number of carbonyl (C=O) groups is 1. The molecule has 2 heterocycles. The zero-order valence-electron chi connectivity index (χ0n) is 9.28. The van der Waals surface area contributed by atoms with Crippen LogP contribution in [-0.2, 0) is 11.2 Å². The standard InChI is InChI=1S/C12H9N3O2S/c16-10(17)6-9-11(8-4-2-1-3-5-8)15-12(18-9)13-7-14-15/h1-5,7H,6H2,(H,16,17). The van der Waals surface area contributed by atoms with Crippen molar-refractivity contribution in [1.29, 1.82) is 0 Å². The van der Waals surface area contributed by atoms with Gasteiger partial charge in [0.25, 0.3) is 0 Å². The number of benzene rings is 1. The quantitative estimate of drug-likeness (QED) is 0.782. The number of aliphatic carboxylic acids is 1. The lowest BCUT2D eigenvalue weighted by Crippen LogP contribution is -2.00. The second-order valence-electron chi connectivity index (χ2n) is 3.76. The van der Waals surface area contributed by atoms with E-state index in [0.717, 1.165) is 16.1 Å². The Morgan fingerprint density at radius 1 is 1.33 bits per heavy atom. The average Bonchev–Trinajstić information content (AvgIpc) is 2.89. The maximum atomic E-state index is 10.9. The van der Waals surface area contributed by atoms with Crippen LogP contribution in [0.3, 0.4) is 0 Å². The number of thiazole rings is 1. The molecule has 0 amide bonds. The van der Waals surface area contributed by atoms with Crippen LogP contribution in [0.25, 0.3) is 16.2 Å². The number of carboxylic acids is 1. The van der Waals surface area contributed by atoms with Crippen LogP contribution in [0.15, 0.2) is 36.7 Å². The minimum Gasteiger partial charge on any atom is -0.481 e. The molecule has 2 aromatic heterocycles. The topological polar surface area (TPSA) is 67.5 Å². The van der Waals surface area contributed by atoms with Crippen LogP contribution in [0.1, 0.15) is 4.88 Å². The normalized spacial score (nSPS) is 10.9. The lowest BCUT2D eigenvalue weighted by atomic mass is 10.1. The van der Waals surface area contributed by atoms with Gasteiger partial charge in [-0.15, -0.1) is 0 Å². The molecule has 0 aliphatic heterocycles.